The Kier molecular flexibility index (Phi) is 4.67. The SMILES string of the molecule is CO/N=C/c1c(N)ncnc1Nc1ccc(-c2ccccc2)cc1. The quantitative estimate of drug-likeness (QED) is 0.556. The van der Waals surface area contributed by atoms with Crippen molar-refractivity contribution in [2.75, 3.05) is 18.2 Å². The van der Waals surface area contributed by atoms with E-state index in [0.717, 1.165) is 11.3 Å². The van der Waals surface area contributed by atoms with Crippen LogP contribution in [0, 0.1) is 0 Å². The van der Waals surface area contributed by atoms with Gasteiger partial charge < -0.3 is 15.9 Å². The van der Waals surface area contributed by atoms with Gasteiger partial charge in [-0.2, -0.15) is 0 Å². The van der Waals surface area contributed by atoms with Gasteiger partial charge in [-0.05, 0) is 23.3 Å². The summed E-state index contributed by atoms with van der Waals surface area (Å²) in [4.78, 5) is 12.9. The molecular weight excluding hydrogens is 302 g/mol. The first-order valence-electron chi connectivity index (χ1n) is 7.37. The van der Waals surface area contributed by atoms with Crippen LogP contribution >= 0.6 is 0 Å². The molecular formula is C18H17N5O. The second-order valence-electron chi connectivity index (χ2n) is 5.01. The van der Waals surface area contributed by atoms with E-state index in [-0.39, 0.29) is 0 Å². The zero-order valence-corrected chi connectivity index (χ0v) is 13.2. The van der Waals surface area contributed by atoms with Crippen molar-refractivity contribution in [3.05, 3.63) is 66.5 Å². The lowest BCUT2D eigenvalue weighted by Crippen LogP contribution is -2.05. The fraction of sp³-hybridized carbons (Fsp3) is 0.0556. The molecule has 120 valence electrons. The van der Waals surface area contributed by atoms with Gasteiger partial charge >= 0.3 is 0 Å². The van der Waals surface area contributed by atoms with Crippen LogP contribution in [0.4, 0.5) is 17.3 Å². The Bertz CT molecular complexity index is 832. The average Bonchev–Trinajstić information content (AvgIpc) is 2.63. The molecule has 1 aromatic heterocycles. The van der Waals surface area contributed by atoms with E-state index in [9.17, 15) is 0 Å². The zero-order valence-electron chi connectivity index (χ0n) is 13.2. The molecule has 2 aromatic carbocycles. The van der Waals surface area contributed by atoms with Crippen LogP contribution in [0.2, 0.25) is 0 Å². The maximum Gasteiger partial charge on any atom is 0.144 e. The molecule has 0 spiro atoms. The highest BCUT2D eigenvalue weighted by Crippen LogP contribution is 2.24. The molecule has 0 saturated heterocycles. The van der Waals surface area contributed by atoms with Crippen molar-refractivity contribution in [2.45, 2.75) is 0 Å². The molecule has 24 heavy (non-hydrogen) atoms. The van der Waals surface area contributed by atoms with Gasteiger partial charge in [0.2, 0.25) is 0 Å². The van der Waals surface area contributed by atoms with E-state index in [2.05, 4.69) is 32.6 Å². The van der Waals surface area contributed by atoms with E-state index < -0.39 is 0 Å². The van der Waals surface area contributed by atoms with Gasteiger partial charge in [0.1, 0.15) is 25.1 Å². The first-order chi connectivity index (χ1) is 11.8. The van der Waals surface area contributed by atoms with E-state index in [4.69, 9.17) is 10.6 Å². The van der Waals surface area contributed by atoms with Crippen molar-refractivity contribution in [1.29, 1.82) is 0 Å². The Balaban J connectivity index is 1.85. The van der Waals surface area contributed by atoms with Gasteiger partial charge in [0, 0.05) is 5.69 Å². The number of nitrogen functional groups attached to an aromatic ring is 1. The number of hydrogen-bond donors (Lipinski definition) is 2. The number of nitrogens with two attached hydrogens (primary N) is 1. The standard InChI is InChI=1S/C18H17N5O/c1-24-22-11-16-17(19)20-12-21-18(16)23-15-9-7-14(8-10-15)13-5-3-2-4-6-13/h2-12H,1H3,(H3,19,20,21,23)/b22-11+. The highest BCUT2D eigenvalue weighted by molar-refractivity contribution is 5.92. The number of aromatic nitrogens is 2. The molecule has 6 heteroatoms. The van der Waals surface area contributed by atoms with Gasteiger partial charge in [0.15, 0.2) is 0 Å². The lowest BCUT2D eigenvalue weighted by atomic mass is 10.1. The van der Waals surface area contributed by atoms with Crippen molar-refractivity contribution >= 4 is 23.5 Å². The van der Waals surface area contributed by atoms with E-state index in [0.29, 0.717) is 17.2 Å². The first-order valence-corrected chi connectivity index (χ1v) is 7.37. The smallest absolute Gasteiger partial charge is 0.144 e. The molecule has 0 saturated carbocycles. The van der Waals surface area contributed by atoms with Crippen LogP contribution in [0.3, 0.4) is 0 Å². The van der Waals surface area contributed by atoms with Gasteiger partial charge in [0.25, 0.3) is 0 Å². The molecule has 0 amide bonds. The molecule has 1 heterocycles. The Labute approximate surface area is 140 Å². The molecule has 0 aliphatic heterocycles. The molecule has 0 atom stereocenters. The average molecular weight is 319 g/mol. The summed E-state index contributed by atoms with van der Waals surface area (Å²) in [5.74, 6) is 0.893. The maximum atomic E-state index is 5.88. The van der Waals surface area contributed by atoms with E-state index in [1.807, 2.05) is 42.5 Å². The van der Waals surface area contributed by atoms with E-state index >= 15 is 0 Å². The highest BCUT2D eigenvalue weighted by atomic mass is 16.6. The number of nitrogens with one attached hydrogen (secondary N) is 1. The van der Waals surface area contributed by atoms with Gasteiger partial charge in [-0.3, -0.25) is 0 Å². The fourth-order valence-corrected chi connectivity index (χ4v) is 2.25. The lowest BCUT2D eigenvalue weighted by Gasteiger charge is -2.10. The Morgan fingerprint density at radius 2 is 1.71 bits per heavy atom. The summed E-state index contributed by atoms with van der Waals surface area (Å²) in [6, 6.07) is 18.3. The number of rotatable bonds is 5. The summed E-state index contributed by atoms with van der Waals surface area (Å²) in [6.45, 7) is 0. The minimum Gasteiger partial charge on any atom is -0.399 e. The fourth-order valence-electron chi connectivity index (χ4n) is 2.25. The van der Waals surface area contributed by atoms with Crippen LogP contribution in [0.1, 0.15) is 5.56 Å². The molecule has 0 bridgehead atoms. The monoisotopic (exact) mass is 319 g/mol. The third kappa shape index (κ3) is 3.49. The molecule has 3 aromatic rings. The number of anilines is 3. The predicted molar refractivity (Wildman–Crippen MR) is 96.2 cm³/mol. The first kappa shape index (κ1) is 15.5. The minimum atomic E-state index is 0.328. The Hall–Kier alpha value is -3.41. The molecule has 0 radical (unpaired) electrons. The summed E-state index contributed by atoms with van der Waals surface area (Å²) in [6.07, 6.45) is 2.89. The van der Waals surface area contributed by atoms with E-state index in [1.54, 1.807) is 0 Å². The Morgan fingerprint density at radius 3 is 2.42 bits per heavy atom. The molecule has 0 aliphatic rings. The van der Waals surface area contributed by atoms with Gasteiger partial charge in [-0.15, -0.1) is 0 Å². The second-order valence-corrected chi connectivity index (χ2v) is 5.01. The molecule has 0 fully saturated rings. The number of oxime groups is 1. The van der Waals surface area contributed by atoms with Crippen LogP contribution < -0.4 is 11.1 Å². The van der Waals surface area contributed by atoms with Crippen LogP contribution in [0.25, 0.3) is 11.1 Å². The molecule has 3 rings (SSSR count). The summed E-state index contributed by atoms with van der Waals surface area (Å²) in [7, 11) is 1.46. The van der Waals surface area contributed by atoms with E-state index in [1.165, 1.54) is 25.2 Å². The third-order valence-electron chi connectivity index (χ3n) is 3.46. The summed E-state index contributed by atoms with van der Waals surface area (Å²) < 4.78 is 0. The van der Waals surface area contributed by atoms with Gasteiger partial charge in [-0.1, -0.05) is 47.6 Å². The number of hydrogen-bond acceptors (Lipinski definition) is 6. The largest absolute Gasteiger partial charge is 0.399 e. The van der Waals surface area contributed by atoms with Crippen molar-refractivity contribution < 1.29 is 4.84 Å². The highest BCUT2D eigenvalue weighted by Gasteiger charge is 2.08. The van der Waals surface area contributed by atoms with Crippen LogP contribution in [-0.4, -0.2) is 23.3 Å². The maximum absolute atomic E-state index is 5.88. The summed E-state index contributed by atoms with van der Waals surface area (Å²) >= 11 is 0. The number of nitrogens with zero attached hydrogens (tertiary/aromatic N) is 3. The minimum absolute atomic E-state index is 0.328. The van der Waals surface area contributed by atoms with Crippen LogP contribution in [-0.2, 0) is 4.84 Å². The molecule has 3 N–H and O–H groups in total. The number of benzene rings is 2. The normalized spacial score (nSPS) is 10.7. The molecule has 0 unspecified atom stereocenters. The lowest BCUT2D eigenvalue weighted by molar-refractivity contribution is 0.215. The third-order valence-corrected chi connectivity index (χ3v) is 3.46. The van der Waals surface area contributed by atoms with Crippen molar-refractivity contribution in [2.24, 2.45) is 5.16 Å². The topological polar surface area (TPSA) is 85.4 Å². The summed E-state index contributed by atoms with van der Waals surface area (Å²) in [5, 5.41) is 6.96. The zero-order chi connectivity index (χ0) is 16.8. The second kappa shape index (κ2) is 7.23. The predicted octanol–water partition coefficient (Wildman–Crippen LogP) is 3.45. The molecule has 0 aliphatic carbocycles. The van der Waals surface area contributed by atoms with Gasteiger partial charge in [0.05, 0.1) is 11.8 Å². The van der Waals surface area contributed by atoms with Crippen LogP contribution in [0.15, 0.2) is 66.1 Å². The van der Waals surface area contributed by atoms with Crippen molar-refractivity contribution in [3.63, 3.8) is 0 Å². The molecule has 6 nitrogen and oxygen atoms in total. The summed E-state index contributed by atoms with van der Waals surface area (Å²) in [5.41, 5.74) is 9.65. The van der Waals surface area contributed by atoms with Crippen molar-refractivity contribution in [3.8, 4) is 11.1 Å². The van der Waals surface area contributed by atoms with Crippen LogP contribution in [0.5, 0.6) is 0 Å². The van der Waals surface area contributed by atoms with Gasteiger partial charge in [-0.25, -0.2) is 9.97 Å². The van der Waals surface area contributed by atoms with Crippen molar-refractivity contribution in [1.82, 2.24) is 9.97 Å². The Morgan fingerprint density at radius 1 is 1.00 bits per heavy atom.